The molecule has 0 bridgehead atoms. The highest BCUT2D eigenvalue weighted by Crippen LogP contribution is 2.05. The van der Waals surface area contributed by atoms with Gasteiger partial charge in [-0.25, -0.2) is 13.9 Å². The number of halogens is 1. The molecule has 0 N–H and O–H groups in total. The highest BCUT2D eigenvalue weighted by Gasteiger charge is 2.02. The zero-order chi connectivity index (χ0) is 7.84. The predicted molar refractivity (Wildman–Crippen MR) is 37.7 cm³/mol. The molecule has 0 atom stereocenters. The lowest BCUT2D eigenvalue weighted by atomic mass is 10.4. The third-order valence-corrected chi connectivity index (χ3v) is 1.44. The summed E-state index contributed by atoms with van der Waals surface area (Å²) in [6.07, 6.45) is 3.14. The van der Waals surface area contributed by atoms with Crippen LogP contribution in [0.3, 0.4) is 0 Å². The first kappa shape index (κ1) is 6.27. The molecule has 0 aromatic carbocycles. The van der Waals surface area contributed by atoms with Crippen molar-refractivity contribution in [2.45, 2.75) is 6.92 Å². The summed E-state index contributed by atoms with van der Waals surface area (Å²) in [5, 5.41) is 4.01. The van der Waals surface area contributed by atoms with E-state index in [1.54, 1.807) is 13.1 Å². The molecule has 0 aliphatic rings. The summed E-state index contributed by atoms with van der Waals surface area (Å²) in [4.78, 5) is 3.78. The number of fused-ring (bicyclic) bond motifs is 1. The van der Waals surface area contributed by atoms with E-state index >= 15 is 0 Å². The molecule has 11 heavy (non-hydrogen) atoms. The van der Waals surface area contributed by atoms with Crippen LogP contribution in [-0.4, -0.2) is 14.6 Å². The summed E-state index contributed by atoms with van der Waals surface area (Å²) in [6.45, 7) is 1.74. The number of hydrogen-bond donors (Lipinski definition) is 0. The Morgan fingerprint density at radius 3 is 3.18 bits per heavy atom. The summed E-state index contributed by atoms with van der Waals surface area (Å²) >= 11 is 0. The number of nitrogens with zero attached hydrogens (tertiary/aromatic N) is 3. The van der Waals surface area contributed by atoms with Gasteiger partial charge in [0, 0.05) is 18.5 Å². The van der Waals surface area contributed by atoms with E-state index in [1.807, 2.05) is 0 Å². The van der Waals surface area contributed by atoms with Gasteiger partial charge in [0.1, 0.15) is 0 Å². The van der Waals surface area contributed by atoms with Crippen molar-refractivity contribution in [3.8, 4) is 0 Å². The second kappa shape index (κ2) is 2.02. The molecule has 0 saturated carbocycles. The van der Waals surface area contributed by atoms with Crippen LogP contribution in [0.4, 0.5) is 4.39 Å². The van der Waals surface area contributed by atoms with Gasteiger partial charge in [-0.1, -0.05) is 0 Å². The van der Waals surface area contributed by atoms with Crippen molar-refractivity contribution in [2.75, 3.05) is 0 Å². The molecule has 0 unspecified atom stereocenters. The van der Waals surface area contributed by atoms with Crippen molar-refractivity contribution in [3.63, 3.8) is 0 Å². The smallest absolute Gasteiger partial charge is 0.189 e. The minimum absolute atomic E-state index is 0.274. The van der Waals surface area contributed by atoms with E-state index in [-0.39, 0.29) is 11.5 Å². The molecular formula is C7H6FN3. The molecule has 0 radical (unpaired) electrons. The van der Waals surface area contributed by atoms with Gasteiger partial charge in [-0.2, -0.15) is 5.10 Å². The fourth-order valence-electron chi connectivity index (χ4n) is 0.995. The molecule has 0 fully saturated rings. The molecule has 0 saturated heterocycles. The molecule has 0 aliphatic heterocycles. The Morgan fingerprint density at radius 2 is 2.36 bits per heavy atom. The van der Waals surface area contributed by atoms with E-state index in [0.717, 1.165) is 0 Å². The SMILES string of the molecule is Cc1cc(F)c2nccn2n1. The number of hydrogen-bond acceptors (Lipinski definition) is 2. The van der Waals surface area contributed by atoms with E-state index in [0.29, 0.717) is 5.69 Å². The fourth-order valence-corrected chi connectivity index (χ4v) is 0.995. The summed E-state index contributed by atoms with van der Waals surface area (Å²) in [5.74, 6) is -0.331. The maximum Gasteiger partial charge on any atom is 0.189 e. The molecule has 0 spiro atoms. The molecule has 56 valence electrons. The zero-order valence-electron chi connectivity index (χ0n) is 5.95. The van der Waals surface area contributed by atoms with E-state index in [1.165, 1.54) is 16.8 Å². The Bertz CT molecular complexity index is 393. The van der Waals surface area contributed by atoms with Crippen molar-refractivity contribution in [2.24, 2.45) is 0 Å². The number of imidazole rings is 1. The Balaban J connectivity index is 2.91. The van der Waals surface area contributed by atoms with Gasteiger partial charge in [0.25, 0.3) is 0 Å². The van der Waals surface area contributed by atoms with Crippen LogP contribution in [0.5, 0.6) is 0 Å². The molecule has 3 nitrogen and oxygen atoms in total. The van der Waals surface area contributed by atoms with E-state index in [9.17, 15) is 4.39 Å². The molecule has 2 heterocycles. The second-order valence-electron chi connectivity index (χ2n) is 2.33. The van der Waals surface area contributed by atoms with Crippen molar-refractivity contribution < 1.29 is 4.39 Å². The van der Waals surface area contributed by atoms with Gasteiger partial charge in [0.2, 0.25) is 0 Å². The third kappa shape index (κ3) is 0.869. The first-order chi connectivity index (χ1) is 5.27. The Hall–Kier alpha value is -1.45. The molecule has 0 amide bonds. The van der Waals surface area contributed by atoms with Crippen LogP contribution in [0.2, 0.25) is 0 Å². The largest absolute Gasteiger partial charge is 0.233 e. The normalized spacial score (nSPS) is 10.7. The topological polar surface area (TPSA) is 30.2 Å². The quantitative estimate of drug-likeness (QED) is 0.565. The van der Waals surface area contributed by atoms with Gasteiger partial charge in [0.15, 0.2) is 11.5 Å². The number of aromatic nitrogens is 3. The summed E-state index contributed by atoms with van der Waals surface area (Å²) in [6, 6.07) is 1.36. The Morgan fingerprint density at radius 1 is 1.55 bits per heavy atom. The third-order valence-electron chi connectivity index (χ3n) is 1.44. The highest BCUT2D eigenvalue weighted by atomic mass is 19.1. The van der Waals surface area contributed by atoms with Crippen LogP contribution in [-0.2, 0) is 0 Å². The van der Waals surface area contributed by atoms with Gasteiger partial charge < -0.3 is 0 Å². The molecule has 2 rings (SSSR count). The van der Waals surface area contributed by atoms with Crippen molar-refractivity contribution in [1.82, 2.24) is 14.6 Å². The lowest BCUT2D eigenvalue weighted by Crippen LogP contribution is -1.95. The first-order valence-electron chi connectivity index (χ1n) is 3.24. The lowest BCUT2D eigenvalue weighted by Gasteiger charge is -1.94. The van der Waals surface area contributed by atoms with Crippen molar-refractivity contribution >= 4 is 5.65 Å². The monoisotopic (exact) mass is 151 g/mol. The van der Waals surface area contributed by atoms with Crippen LogP contribution in [0.15, 0.2) is 18.5 Å². The molecule has 2 aromatic heterocycles. The van der Waals surface area contributed by atoms with Crippen LogP contribution in [0.1, 0.15) is 5.69 Å². The minimum atomic E-state index is -0.331. The van der Waals surface area contributed by atoms with Crippen molar-refractivity contribution in [1.29, 1.82) is 0 Å². The summed E-state index contributed by atoms with van der Waals surface area (Å²) in [5.41, 5.74) is 0.920. The Labute approximate surface area is 62.5 Å². The average molecular weight is 151 g/mol. The maximum atomic E-state index is 13.0. The average Bonchev–Trinajstić information content (AvgIpc) is 2.34. The standard InChI is InChI=1S/C7H6FN3/c1-5-4-6(8)7-9-2-3-11(7)10-5/h2-4H,1H3. The lowest BCUT2D eigenvalue weighted by molar-refractivity contribution is 0.619. The van der Waals surface area contributed by atoms with Crippen LogP contribution < -0.4 is 0 Å². The van der Waals surface area contributed by atoms with Crippen LogP contribution >= 0.6 is 0 Å². The molecular weight excluding hydrogens is 145 g/mol. The Kier molecular flexibility index (Phi) is 1.15. The zero-order valence-corrected chi connectivity index (χ0v) is 5.95. The minimum Gasteiger partial charge on any atom is -0.233 e. The summed E-state index contributed by atoms with van der Waals surface area (Å²) < 4.78 is 14.4. The van der Waals surface area contributed by atoms with Crippen LogP contribution in [0, 0.1) is 12.7 Å². The first-order valence-corrected chi connectivity index (χ1v) is 3.24. The second-order valence-corrected chi connectivity index (χ2v) is 2.33. The van der Waals surface area contributed by atoms with Gasteiger partial charge in [0.05, 0.1) is 5.69 Å². The highest BCUT2D eigenvalue weighted by molar-refractivity contribution is 5.38. The molecule has 4 heteroatoms. The van der Waals surface area contributed by atoms with E-state index in [4.69, 9.17) is 0 Å². The van der Waals surface area contributed by atoms with Gasteiger partial charge in [-0.15, -0.1) is 0 Å². The molecule has 2 aromatic rings. The fraction of sp³-hybridized carbons (Fsp3) is 0.143. The number of aryl methyl sites for hydroxylation is 1. The van der Waals surface area contributed by atoms with E-state index < -0.39 is 0 Å². The van der Waals surface area contributed by atoms with Crippen LogP contribution in [0.25, 0.3) is 5.65 Å². The van der Waals surface area contributed by atoms with Gasteiger partial charge in [-0.05, 0) is 6.92 Å². The summed E-state index contributed by atoms with van der Waals surface area (Å²) in [7, 11) is 0. The maximum absolute atomic E-state index is 13.0. The van der Waals surface area contributed by atoms with Crippen molar-refractivity contribution in [3.05, 3.63) is 30.0 Å². The molecule has 0 aliphatic carbocycles. The van der Waals surface area contributed by atoms with E-state index in [2.05, 4.69) is 10.1 Å². The number of rotatable bonds is 0. The van der Waals surface area contributed by atoms with Gasteiger partial charge >= 0.3 is 0 Å². The van der Waals surface area contributed by atoms with Gasteiger partial charge in [-0.3, -0.25) is 0 Å². The predicted octanol–water partition coefficient (Wildman–Crippen LogP) is 1.18.